The van der Waals surface area contributed by atoms with Crippen LogP contribution in [0.25, 0.3) is 10.8 Å². The number of rotatable bonds is 8. The monoisotopic (exact) mass is 396 g/mol. The van der Waals surface area contributed by atoms with Crippen LogP contribution in [0.1, 0.15) is 30.4 Å². The SMILES string of the molecule is CC(CC(CP(=O)(O)Cc1ccccc1)C(=O)O)c1ccc2ccccc2c1. The first kappa shape index (κ1) is 20.3. The van der Waals surface area contributed by atoms with Crippen molar-refractivity contribution in [1.82, 2.24) is 0 Å². The fourth-order valence-electron chi connectivity index (χ4n) is 3.61. The van der Waals surface area contributed by atoms with Crippen molar-refractivity contribution in [3.8, 4) is 0 Å². The number of carboxylic acid groups (broad SMARTS) is 1. The Bertz CT molecular complexity index is 1000. The molecule has 146 valence electrons. The number of hydrogen-bond donors (Lipinski definition) is 2. The summed E-state index contributed by atoms with van der Waals surface area (Å²) in [6.07, 6.45) is 0.115. The smallest absolute Gasteiger partial charge is 0.307 e. The van der Waals surface area contributed by atoms with E-state index in [1.54, 1.807) is 12.1 Å². The van der Waals surface area contributed by atoms with E-state index in [0.29, 0.717) is 6.42 Å². The van der Waals surface area contributed by atoms with Crippen molar-refractivity contribution in [2.24, 2.45) is 5.92 Å². The molecule has 5 heteroatoms. The Kier molecular flexibility index (Phi) is 6.33. The maximum absolute atomic E-state index is 12.7. The number of carboxylic acids is 1. The molecular weight excluding hydrogens is 371 g/mol. The Morgan fingerprint density at radius 2 is 1.61 bits per heavy atom. The van der Waals surface area contributed by atoms with Crippen LogP contribution in [0, 0.1) is 5.92 Å². The van der Waals surface area contributed by atoms with Gasteiger partial charge in [0.05, 0.1) is 5.92 Å². The second-order valence-corrected chi connectivity index (χ2v) is 9.83. The van der Waals surface area contributed by atoms with E-state index in [-0.39, 0.29) is 18.2 Å². The fraction of sp³-hybridized carbons (Fsp3) is 0.261. The third-order valence-corrected chi connectivity index (χ3v) is 6.98. The maximum Gasteiger partial charge on any atom is 0.307 e. The van der Waals surface area contributed by atoms with E-state index in [1.165, 1.54) is 0 Å². The quantitative estimate of drug-likeness (QED) is 0.493. The number of aliphatic carboxylic acids is 1. The molecule has 0 aliphatic heterocycles. The summed E-state index contributed by atoms with van der Waals surface area (Å²) in [4.78, 5) is 22.2. The van der Waals surface area contributed by atoms with Crippen LogP contribution < -0.4 is 0 Å². The molecule has 0 amide bonds. The molecule has 3 rings (SSSR count). The predicted octanol–water partition coefficient (Wildman–Crippen LogP) is 5.50. The molecule has 3 unspecified atom stereocenters. The van der Waals surface area contributed by atoms with Gasteiger partial charge in [0.25, 0.3) is 0 Å². The molecule has 0 spiro atoms. The van der Waals surface area contributed by atoms with Crippen molar-refractivity contribution in [3.05, 3.63) is 83.9 Å². The standard InChI is InChI=1S/C23H25O4P/c1-17(20-12-11-19-9-5-6-10-21(19)14-20)13-22(23(24)25)16-28(26,27)15-18-7-3-2-4-8-18/h2-12,14,17,22H,13,15-16H2,1H3,(H,24,25)(H,26,27). The minimum absolute atomic E-state index is 0.00196. The molecule has 28 heavy (non-hydrogen) atoms. The number of benzene rings is 3. The van der Waals surface area contributed by atoms with Gasteiger partial charge in [0.15, 0.2) is 0 Å². The molecule has 0 saturated heterocycles. The normalized spacial score (nSPS) is 15.6. The Balaban J connectivity index is 1.72. The predicted molar refractivity (Wildman–Crippen MR) is 113 cm³/mol. The Labute approximate surface area is 165 Å². The van der Waals surface area contributed by atoms with Crippen LogP contribution in [0.3, 0.4) is 0 Å². The molecule has 0 aliphatic rings. The lowest BCUT2D eigenvalue weighted by molar-refractivity contribution is -0.141. The summed E-state index contributed by atoms with van der Waals surface area (Å²) in [5.41, 5.74) is 1.79. The number of fused-ring (bicyclic) bond motifs is 1. The summed E-state index contributed by atoms with van der Waals surface area (Å²) in [6, 6.07) is 23.2. The van der Waals surface area contributed by atoms with Crippen molar-refractivity contribution in [2.75, 3.05) is 6.16 Å². The lowest BCUT2D eigenvalue weighted by Crippen LogP contribution is -2.20. The Morgan fingerprint density at radius 3 is 2.29 bits per heavy atom. The van der Waals surface area contributed by atoms with Crippen LogP contribution in [-0.4, -0.2) is 22.1 Å². The fourth-order valence-corrected chi connectivity index (χ4v) is 5.51. The summed E-state index contributed by atoms with van der Waals surface area (Å²) in [6.45, 7) is 1.97. The second-order valence-electron chi connectivity index (χ2n) is 7.45. The van der Waals surface area contributed by atoms with E-state index < -0.39 is 19.3 Å². The van der Waals surface area contributed by atoms with Crippen LogP contribution in [0.2, 0.25) is 0 Å². The lowest BCUT2D eigenvalue weighted by Gasteiger charge is -2.21. The van der Waals surface area contributed by atoms with Crippen molar-refractivity contribution < 1.29 is 19.4 Å². The minimum atomic E-state index is -3.59. The van der Waals surface area contributed by atoms with E-state index >= 15 is 0 Å². The molecule has 2 N–H and O–H groups in total. The molecule has 0 bridgehead atoms. The average Bonchev–Trinajstić information content (AvgIpc) is 2.67. The van der Waals surface area contributed by atoms with Gasteiger partial charge < -0.3 is 10.00 Å². The van der Waals surface area contributed by atoms with Gasteiger partial charge in [-0.1, -0.05) is 79.7 Å². The van der Waals surface area contributed by atoms with Gasteiger partial charge in [-0.2, -0.15) is 0 Å². The zero-order valence-corrected chi connectivity index (χ0v) is 16.8. The van der Waals surface area contributed by atoms with Gasteiger partial charge in [-0.3, -0.25) is 9.36 Å². The first-order valence-corrected chi connectivity index (χ1v) is 11.4. The molecule has 0 fully saturated rings. The molecule has 3 aromatic rings. The first-order chi connectivity index (χ1) is 13.3. The summed E-state index contributed by atoms with van der Waals surface area (Å²) in [5, 5.41) is 11.9. The van der Waals surface area contributed by atoms with Crippen molar-refractivity contribution >= 4 is 24.1 Å². The molecule has 3 atom stereocenters. The van der Waals surface area contributed by atoms with Gasteiger partial charge in [-0.25, -0.2) is 0 Å². The van der Waals surface area contributed by atoms with Crippen molar-refractivity contribution in [3.63, 3.8) is 0 Å². The third-order valence-electron chi connectivity index (χ3n) is 5.11. The molecule has 0 aliphatic carbocycles. The molecule has 0 aromatic heterocycles. The summed E-state index contributed by atoms with van der Waals surface area (Å²) < 4.78 is 12.7. The highest BCUT2D eigenvalue weighted by atomic mass is 31.2. The topological polar surface area (TPSA) is 74.6 Å². The van der Waals surface area contributed by atoms with Gasteiger partial charge in [0.2, 0.25) is 7.37 Å². The molecule has 4 nitrogen and oxygen atoms in total. The Morgan fingerprint density at radius 1 is 0.964 bits per heavy atom. The van der Waals surface area contributed by atoms with Crippen LogP contribution in [0.4, 0.5) is 0 Å². The van der Waals surface area contributed by atoms with Crippen LogP contribution >= 0.6 is 7.37 Å². The van der Waals surface area contributed by atoms with Crippen LogP contribution in [-0.2, 0) is 15.5 Å². The Hall–Kier alpha value is -2.42. The average molecular weight is 396 g/mol. The molecular formula is C23H25O4P. The van der Waals surface area contributed by atoms with Gasteiger partial charge >= 0.3 is 5.97 Å². The van der Waals surface area contributed by atoms with Gasteiger partial charge in [-0.05, 0) is 34.2 Å². The number of hydrogen-bond acceptors (Lipinski definition) is 2. The van der Waals surface area contributed by atoms with Gasteiger partial charge in [-0.15, -0.1) is 0 Å². The van der Waals surface area contributed by atoms with Gasteiger partial charge in [0.1, 0.15) is 0 Å². The zero-order valence-electron chi connectivity index (χ0n) is 15.9. The zero-order chi connectivity index (χ0) is 20.1. The molecule has 0 radical (unpaired) electrons. The first-order valence-electron chi connectivity index (χ1n) is 9.40. The molecule has 0 saturated carbocycles. The highest BCUT2D eigenvalue weighted by molar-refractivity contribution is 7.57. The summed E-state index contributed by atoms with van der Waals surface area (Å²) >= 11 is 0. The van der Waals surface area contributed by atoms with E-state index in [1.807, 2.05) is 61.5 Å². The molecule has 0 heterocycles. The van der Waals surface area contributed by atoms with Crippen molar-refractivity contribution in [1.29, 1.82) is 0 Å². The van der Waals surface area contributed by atoms with E-state index in [2.05, 4.69) is 6.07 Å². The van der Waals surface area contributed by atoms with Crippen LogP contribution in [0.15, 0.2) is 72.8 Å². The number of carbonyl (C=O) groups is 1. The minimum Gasteiger partial charge on any atom is -0.481 e. The maximum atomic E-state index is 12.7. The van der Waals surface area contributed by atoms with Gasteiger partial charge in [0, 0.05) is 12.3 Å². The largest absolute Gasteiger partial charge is 0.481 e. The molecule has 3 aromatic carbocycles. The van der Waals surface area contributed by atoms with E-state index in [9.17, 15) is 19.4 Å². The van der Waals surface area contributed by atoms with E-state index in [4.69, 9.17) is 0 Å². The summed E-state index contributed by atoms with van der Waals surface area (Å²) in [5.74, 6) is -1.90. The lowest BCUT2D eigenvalue weighted by atomic mass is 9.90. The van der Waals surface area contributed by atoms with Crippen LogP contribution in [0.5, 0.6) is 0 Å². The van der Waals surface area contributed by atoms with Crippen molar-refractivity contribution in [2.45, 2.75) is 25.4 Å². The second kappa shape index (κ2) is 8.72. The highest BCUT2D eigenvalue weighted by Crippen LogP contribution is 2.47. The van der Waals surface area contributed by atoms with E-state index in [0.717, 1.165) is 21.9 Å². The third kappa shape index (κ3) is 5.31. The highest BCUT2D eigenvalue weighted by Gasteiger charge is 2.30. The summed E-state index contributed by atoms with van der Waals surface area (Å²) in [7, 11) is -3.59.